The summed E-state index contributed by atoms with van der Waals surface area (Å²) < 4.78 is 12.0. The number of ether oxygens (including phenoxy) is 2. The van der Waals surface area contributed by atoms with Gasteiger partial charge in [0, 0.05) is 29.4 Å². The Bertz CT molecular complexity index is 987. The summed E-state index contributed by atoms with van der Waals surface area (Å²) >= 11 is 0. The van der Waals surface area contributed by atoms with Crippen LogP contribution in [0, 0.1) is 5.92 Å². The van der Waals surface area contributed by atoms with Crippen molar-refractivity contribution in [2.24, 2.45) is 5.92 Å². The standard InChI is InChI=1S/C26H30N2O3/c1-4-30-24-15-8-12-21(25(24)31-18-20-10-6-5-7-11-20)17-27-22-13-9-14-23(16-22)28-26(29)19(2)3/h5-16,19,27H,4,17-18H2,1-3H3,(H,28,29). The Morgan fingerprint density at radius 1 is 0.903 bits per heavy atom. The maximum Gasteiger partial charge on any atom is 0.226 e. The third kappa shape index (κ3) is 6.51. The van der Waals surface area contributed by atoms with Crippen LogP contribution >= 0.6 is 0 Å². The van der Waals surface area contributed by atoms with Crippen molar-refractivity contribution < 1.29 is 14.3 Å². The minimum Gasteiger partial charge on any atom is -0.490 e. The van der Waals surface area contributed by atoms with Gasteiger partial charge in [-0.1, -0.05) is 62.4 Å². The molecule has 0 aliphatic heterocycles. The van der Waals surface area contributed by atoms with E-state index in [9.17, 15) is 4.79 Å². The van der Waals surface area contributed by atoms with Crippen molar-refractivity contribution >= 4 is 17.3 Å². The SMILES string of the molecule is CCOc1cccc(CNc2cccc(NC(=O)C(C)C)c2)c1OCc1ccccc1. The van der Waals surface area contributed by atoms with Crippen LogP contribution in [0.5, 0.6) is 11.5 Å². The zero-order chi connectivity index (χ0) is 22.1. The Labute approximate surface area is 184 Å². The molecule has 0 aromatic heterocycles. The second-order valence-corrected chi connectivity index (χ2v) is 7.53. The van der Waals surface area contributed by atoms with E-state index in [2.05, 4.69) is 10.6 Å². The zero-order valence-corrected chi connectivity index (χ0v) is 18.4. The second-order valence-electron chi connectivity index (χ2n) is 7.53. The van der Waals surface area contributed by atoms with Gasteiger partial charge in [-0.15, -0.1) is 0 Å². The van der Waals surface area contributed by atoms with Gasteiger partial charge in [-0.2, -0.15) is 0 Å². The highest BCUT2D eigenvalue weighted by Gasteiger charge is 2.12. The van der Waals surface area contributed by atoms with Gasteiger partial charge in [0.05, 0.1) is 6.61 Å². The molecule has 3 aromatic carbocycles. The largest absolute Gasteiger partial charge is 0.490 e. The van der Waals surface area contributed by atoms with E-state index in [0.29, 0.717) is 19.8 Å². The molecular formula is C26H30N2O3. The molecule has 0 aliphatic carbocycles. The van der Waals surface area contributed by atoms with Gasteiger partial charge in [-0.25, -0.2) is 0 Å². The van der Waals surface area contributed by atoms with Crippen LogP contribution in [0.25, 0.3) is 0 Å². The normalized spacial score (nSPS) is 10.6. The average molecular weight is 419 g/mol. The summed E-state index contributed by atoms with van der Waals surface area (Å²) in [6, 6.07) is 23.7. The molecule has 0 bridgehead atoms. The van der Waals surface area contributed by atoms with E-state index < -0.39 is 0 Å². The number of anilines is 2. The van der Waals surface area contributed by atoms with Crippen molar-refractivity contribution in [3.8, 4) is 11.5 Å². The molecule has 1 amide bonds. The number of hydrogen-bond acceptors (Lipinski definition) is 4. The summed E-state index contributed by atoms with van der Waals surface area (Å²) in [6.45, 7) is 7.31. The van der Waals surface area contributed by atoms with Crippen molar-refractivity contribution in [3.05, 3.63) is 83.9 Å². The molecule has 3 rings (SSSR count). The monoisotopic (exact) mass is 418 g/mol. The second kappa shape index (κ2) is 11.1. The average Bonchev–Trinajstić information content (AvgIpc) is 2.78. The Morgan fingerprint density at radius 2 is 1.65 bits per heavy atom. The van der Waals surface area contributed by atoms with Crippen molar-refractivity contribution in [2.45, 2.75) is 33.9 Å². The van der Waals surface area contributed by atoms with Crippen LogP contribution in [0.2, 0.25) is 0 Å². The first-order valence-electron chi connectivity index (χ1n) is 10.6. The summed E-state index contributed by atoms with van der Waals surface area (Å²) in [5.41, 5.74) is 3.78. The number of carbonyl (C=O) groups is 1. The number of benzene rings is 3. The fraction of sp³-hybridized carbons (Fsp3) is 0.269. The van der Waals surface area contributed by atoms with Gasteiger partial charge in [0.1, 0.15) is 6.61 Å². The molecule has 0 radical (unpaired) electrons. The number of nitrogens with one attached hydrogen (secondary N) is 2. The minimum atomic E-state index is -0.0674. The molecule has 0 heterocycles. The van der Waals surface area contributed by atoms with Crippen molar-refractivity contribution in [3.63, 3.8) is 0 Å². The summed E-state index contributed by atoms with van der Waals surface area (Å²) in [6.07, 6.45) is 0. The molecule has 162 valence electrons. The van der Waals surface area contributed by atoms with Crippen molar-refractivity contribution in [1.29, 1.82) is 0 Å². The number of amides is 1. The highest BCUT2D eigenvalue weighted by molar-refractivity contribution is 5.92. The molecular weight excluding hydrogens is 388 g/mol. The lowest BCUT2D eigenvalue weighted by Crippen LogP contribution is -2.17. The fourth-order valence-corrected chi connectivity index (χ4v) is 3.05. The third-order valence-corrected chi connectivity index (χ3v) is 4.72. The Hall–Kier alpha value is -3.47. The lowest BCUT2D eigenvalue weighted by atomic mass is 10.1. The first kappa shape index (κ1) is 22.2. The van der Waals surface area contributed by atoms with Gasteiger partial charge in [0.2, 0.25) is 5.91 Å². The van der Waals surface area contributed by atoms with E-state index in [1.807, 2.05) is 93.6 Å². The van der Waals surface area contributed by atoms with Gasteiger partial charge in [0.15, 0.2) is 11.5 Å². The molecule has 5 nitrogen and oxygen atoms in total. The molecule has 0 unspecified atom stereocenters. The lowest BCUT2D eigenvalue weighted by Gasteiger charge is -2.17. The van der Waals surface area contributed by atoms with Crippen LogP contribution in [0.1, 0.15) is 31.9 Å². The molecule has 0 aliphatic rings. The Balaban J connectivity index is 1.73. The van der Waals surface area contributed by atoms with Gasteiger partial charge < -0.3 is 20.1 Å². The van der Waals surface area contributed by atoms with Gasteiger partial charge in [0.25, 0.3) is 0 Å². The highest BCUT2D eigenvalue weighted by Crippen LogP contribution is 2.33. The fourth-order valence-electron chi connectivity index (χ4n) is 3.05. The van der Waals surface area contributed by atoms with E-state index in [1.165, 1.54) is 0 Å². The number of carbonyl (C=O) groups excluding carboxylic acids is 1. The molecule has 5 heteroatoms. The number of hydrogen-bond donors (Lipinski definition) is 2. The van der Waals surface area contributed by atoms with Crippen LogP contribution in [0.15, 0.2) is 72.8 Å². The Kier molecular flexibility index (Phi) is 7.93. The van der Waals surface area contributed by atoms with E-state index in [1.54, 1.807) is 0 Å². The van der Waals surface area contributed by atoms with E-state index in [0.717, 1.165) is 34.0 Å². The number of para-hydroxylation sites is 1. The summed E-state index contributed by atoms with van der Waals surface area (Å²) in [4.78, 5) is 12.0. The molecule has 0 atom stereocenters. The van der Waals surface area contributed by atoms with Crippen LogP contribution < -0.4 is 20.1 Å². The van der Waals surface area contributed by atoms with E-state index >= 15 is 0 Å². The highest BCUT2D eigenvalue weighted by atomic mass is 16.5. The molecule has 2 N–H and O–H groups in total. The summed E-state index contributed by atoms with van der Waals surface area (Å²) in [5, 5.41) is 6.36. The topological polar surface area (TPSA) is 59.6 Å². The number of rotatable bonds is 10. The lowest BCUT2D eigenvalue weighted by molar-refractivity contribution is -0.118. The smallest absolute Gasteiger partial charge is 0.226 e. The molecule has 3 aromatic rings. The molecule has 0 spiro atoms. The first-order chi connectivity index (χ1) is 15.1. The predicted molar refractivity (Wildman–Crippen MR) is 126 cm³/mol. The maximum absolute atomic E-state index is 12.0. The van der Waals surface area contributed by atoms with Crippen LogP contribution in [0.3, 0.4) is 0 Å². The van der Waals surface area contributed by atoms with Crippen LogP contribution in [-0.4, -0.2) is 12.5 Å². The molecule has 0 saturated carbocycles. The van der Waals surface area contributed by atoms with Crippen LogP contribution in [-0.2, 0) is 17.9 Å². The van der Waals surface area contributed by atoms with Crippen molar-refractivity contribution in [2.75, 3.05) is 17.2 Å². The summed E-state index contributed by atoms with van der Waals surface area (Å²) in [7, 11) is 0. The Morgan fingerprint density at radius 3 is 2.39 bits per heavy atom. The van der Waals surface area contributed by atoms with Gasteiger partial charge >= 0.3 is 0 Å². The molecule has 0 saturated heterocycles. The predicted octanol–water partition coefficient (Wildman–Crippen LogP) is 5.87. The quantitative estimate of drug-likeness (QED) is 0.432. The maximum atomic E-state index is 12.0. The van der Waals surface area contributed by atoms with Gasteiger partial charge in [-0.3, -0.25) is 4.79 Å². The van der Waals surface area contributed by atoms with Crippen molar-refractivity contribution in [1.82, 2.24) is 0 Å². The minimum absolute atomic E-state index is 0.00170. The summed E-state index contributed by atoms with van der Waals surface area (Å²) in [5.74, 6) is 1.40. The zero-order valence-electron chi connectivity index (χ0n) is 18.4. The third-order valence-electron chi connectivity index (χ3n) is 4.72. The van der Waals surface area contributed by atoms with Gasteiger partial charge in [-0.05, 0) is 36.8 Å². The van der Waals surface area contributed by atoms with Crippen LogP contribution in [0.4, 0.5) is 11.4 Å². The molecule has 0 fully saturated rings. The van der Waals surface area contributed by atoms with E-state index in [4.69, 9.17) is 9.47 Å². The van der Waals surface area contributed by atoms with E-state index in [-0.39, 0.29) is 11.8 Å². The first-order valence-corrected chi connectivity index (χ1v) is 10.6. The molecule has 31 heavy (non-hydrogen) atoms.